The van der Waals surface area contributed by atoms with E-state index >= 15 is 0 Å². The first-order valence-corrected chi connectivity index (χ1v) is 11.8. The van der Waals surface area contributed by atoms with Crippen LogP contribution in [0.2, 0.25) is 0 Å². The first-order valence-electron chi connectivity index (χ1n) is 11.0. The highest BCUT2D eigenvalue weighted by Crippen LogP contribution is 2.29. The number of rotatable bonds is 3. The van der Waals surface area contributed by atoms with Crippen molar-refractivity contribution in [3.63, 3.8) is 0 Å². The van der Waals surface area contributed by atoms with Gasteiger partial charge in [0.15, 0.2) is 0 Å². The molecule has 1 amide bonds. The van der Waals surface area contributed by atoms with Gasteiger partial charge < -0.3 is 9.47 Å². The maximum absolute atomic E-state index is 13.6. The van der Waals surface area contributed by atoms with E-state index in [2.05, 4.69) is 28.0 Å². The number of thiophene rings is 1. The molecule has 1 aliphatic heterocycles. The lowest BCUT2D eigenvalue weighted by atomic mass is 10.1. The van der Waals surface area contributed by atoms with Gasteiger partial charge in [-0.1, -0.05) is 36.4 Å². The number of aromatic nitrogens is 3. The Morgan fingerprint density at radius 3 is 2.47 bits per heavy atom. The Kier molecular flexibility index (Phi) is 4.96. The molecule has 0 N–H and O–H groups in total. The van der Waals surface area contributed by atoms with Gasteiger partial charge in [-0.2, -0.15) is 5.10 Å². The zero-order chi connectivity index (χ0) is 23.1. The van der Waals surface area contributed by atoms with Crippen LogP contribution in [-0.2, 0) is 13.1 Å². The van der Waals surface area contributed by atoms with Gasteiger partial charge in [-0.3, -0.25) is 9.59 Å². The third-order valence-electron chi connectivity index (χ3n) is 6.07. The number of benzene rings is 2. The zero-order valence-electron chi connectivity index (χ0n) is 18.2. The van der Waals surface area contributed by atoms with Gasteiger partial charge in [0.05, 0.1) is 17.1 Å². The van der Waals surface area contributed by atoms with Crippen molar-refractivity contribution in [3.05, 3.63) is 118 Å². The molecule has 2 aromatic carbocycles. The second-order valence-electron chi connectivity index (χ2n) is 8.15. The minimum atomic E-state index is -0.155. The smallest absolute Gasteiger partial charge is 0.288 e. The quantitative estimate of drug-likeness (QED) is 0.364. The number of anilines is 1. The van der Waals surface area contributed by atoms with Gasteiger partial charge in [-0.15, -0.1) is 11.3 Å². The lowest BCUT2D eigenvalue weighted by molar-refractivity contribution is 0.0948. The number of nitrogens with zero attached hydrogens (tertiary/aromatic N) is 4. The lowest BCUT2D eigenvalue weighted by Crippen LogP contribution is -2.30. The van der Waals surface area contributed by atoms with Crippen molar-refractivity contribution < 1.29 is 9.59 Å². The van der Waals surface area contributed by atoms with Crippen LogP contribution in [-0.4, -0.2) is 26.2 Å². The molecule has 0 atom stereocenters. The van der Waals surface area contributed by atoms with E-state index < -0.39 is 0 Å². The van der Waals surface area contributed by atoms with Crippen LogP contribution in [0.15, 0.2) is 96.6 Å². The van der Waals surface area contributed by atoms with Gasteiger partial charge >= 0.3 is 0 Å². The Morgan fingerprint density at radius 2 is 1.65 bits per heavy atom. The summed E-state index contributed by atoms with van der Waals surface area (Å²) in [6.45, 7) is 1.26. The number of carbonyl (C=O) groups excluding carboxylic acids is 2. The number of hydrogen-bond donors (Lipinski definition) is 0. The van der Waals surface area contributed by atoms with Crippen LogP contribution in [0.4, 0.5) is 5.69 Å². The molecule has 4 heterocycles. The minimum absolute atomic E-state index is 0.0490. The third-order valence-corrected chi connectivity index (χ3v) is 6.93. The summed E-state index contributed by atoms with van der Waals surface area (Å²) in [5.74, 6) is -0.204. The van der Waals surface area contributed by atoms with Crippen LogP contribution < -0.4 is 4.90 Å². The second-order valence-corrected chi connectivity index (χ2v) is 9.10. The monoisotopic (exact) mass is 464 g/mol. The van der Waals surface area contributed by atoms with Crippen molar-refractivity contribution in [3.8, 4) is 11.3 Å². The van der Waals surface area contributed by atoms with Gasteiger partial charge in [0.25, 0.3) is 11.8 Å². The number of carbonyl (C=O) groups is 2. The van der Waals surface area contributed by atoms with E-state index in [0.717, 1.165) is 29.1 Å². The zero-order valence-corrected chi connectivity index (χ0v) is 19.0. The van der Waals surface area contributed by atoms with Crippen molar-refractivity contribution in [1.29, 1.82) is 0 Å². The Bertz CT molecular complexity index is 1500. The van der Waals surface area contributed by atoms with Crippen molar-refractivity contribution in [2.24, 2.45) is 0 Å². The molecule has 0 spiro atoms. The molecule has 6 nitrogen and oxygen atoms in total. The van der Waals surface area contributed by atoms with E-state index in [1.807, 2.05) is 70.9 Å². The predicted octanol–water partition coefficient (Wildman–Crippen LogP) is 5.31. The number of hydrogen-bond acceptors (Lipinski definition) is 4. The van der Waals surface area contributed by atoms with Crippen LogP contribution in [0.1, 0.15) is 31.3 Å². The fourth-order valence-electron chi connectivity index (χ4n) is 4.31. The molecule has 0 saturated carbocycles. The topological polar surface area (TPSA) is 60.1 Å². The molecule has 1 aliphatic rings. The summed E-state index contributed by atoms with van der Waals surface area (Å²) in [5, 5.41) is 6.31. The minimum Gasteiger partial charge on any atom is -0.345 e. The highest BCUT2D eigenvalue weighted by atomic mass is 32.1. The summed E-state index contributed by atoms with van der Waals surface area (Å²) in [6, 6.07) is 25.0. The predicted molar refractivity (Wildman–Crippen MR) is 132 cm³/mol. The Labute approximate surface area is 200 Å². The molecule has 0 unspecified atom stereocenters. The van der Waals surface area contributed by atoms with Crippen LogP contribution in [0.5, 0.6) is 0 Å². The van der Waals surface area contributed by atoms with Gasteiger partial charge in [-0.25, -0.2) is 4.68 Å². The molecular weight excluding hydrogens is 444 g/mol. The maximum atomic E-state index is 13.6. The maximum Gasteiger partial charge on any atom is 0.288 e. The summed E-state index contributed by atoms with van der Waals surface area (Å²) in [4.78, 5) is 28.6. The average Bonchev–Trinajstić information content (AvgIpc) is 3.64. The third kappa shape index (κ3) is 3.56. The van der Waals surface area contributed by atoms with Gasteiger partial charge in [-0.05, 0) is 53.4 Å². The average molecular weight is 465 g/mol. The molecule has 34 heavy (non-hydrogen) atoms. The summed E-state index contributed by atoms with van der Waals surface area (Å²) in [6.07, 6.45) is 3.72. The Balaban J connectivity index is 1.27. The molecule has 0 saturated heterocycles. The van der Waals surface area contributed by atoms with Crippen molar-refractivity contribution in [2.75, 3.05) is 4.90 Å². The first-order chi connectivity index (χ1) is 16.7. The summed E-state index contributed by atoms with van der Waals surface area (Å²) >= 11 is 1.39. The molecule has 6 rings (SSSR count). The molecule has 5 aromatic rings. The van der Waals surface area contributed by atoms with E-state index in [9.17, 15) is 9.59 Å². The van der Waals surface area contributed by atoms with Crippen LogP contribution in [0, 0.1) is 0 Å². The summed E-state index contributed by atoms with van der Waals surface area (Å²) < 4.78 is 3.53. The molecule has 166 valence electrons. The summed E-state index contributed by atoms with van der Waals surface area (Å²) in [5.41, 5.74) is 5.28. The van der Waals surface area contributed by atoms with Gasteiger partial charge in [0, 0.05) is 41.4 Å². The van der Waals surface area contributed by atoms with E-state index in [4.69, 9.17) is 0 Å². The largest absolute Gasteiger partial charge is 0.345 e. The Morgan fingerprint density at radius 1 is 0.794 bits per heavy atom. The van der Waals surface area contributed by atoms with E-state index in [-0.39, 0.29) is 11.8 Å². The normalized spacial score (nSPS) is 12.6. The Hall–Kier alpha value is -4.23. The first kappa shape index (κ1) is 20.4. The van der Waals surface area contributed by atoms with Gasteiger partial charge in [0.1, 0.15) is 0 Å². The fraction of sp³-hybridized carbons (Fsp3) is 0.0741. The molecule has 0 radical (unpaired) electrons. The highest BCUT2D eigenvalue weighted by Gasteiger charge is 2.24. The molecule has 0 aliphatic carbocycles. The van der Waals surface area contributed by atoms with Crippen LogP contribution >= 0.6 is 11.3 Å². The SMILES string of the molecule is O=C(c1ccc(-c2ccn(C(=O)c3cccs3)n2)cc1)N1Cc2cccn2Cc2ccccc21. The van der Waals surface area contributed by atoms with Crippen molar-refractivity contribution in [1.82, 2.24) is 14.3 Å². The second kappa shape index (κ2) is 8.28. The number of fused-ring (bicyclic) bond motifs is 2. The van der Waals surface area contributed by atoms with Crippen molar-refractivity contribution >= 4 is 28.8 Å². The van der Waals surface area contributed by atoms with E-state index in [0.29, 0.717) is 22.7 Å². The number of amides is 1. The standard InChI is InChI=1S/C27H20N4O2S/c32-26(30-18-22-6-3-14-29(22)17-21-5-1-2-7-24(21)30)20-11-9-19(10-12-20)23-13-15-31(28-23)27(33)25-8-4-16-34-25/h1-16H,17-18H2. The van der Waals surface area contributed by atoms with E-state index in [1.165, 1.54) is 16.0 Å². The van der Waals surface area contributed by atoms with Gasteiger partial charge in [0.2, 0.25) is 0 Å². The van der Waals surface area contributed by atoms with Crippen molar-refractivity contribution in [2.45, 2.75) is 13.1 Å². The van der Waals surface area contributed by atoms with Crippen LogP contribution in [0.3, 0.4) is 0 Å². The molecule has 0 bridgehead atoms. The highest BCUT2D eigenvalue weighted by molar-refractivity contribution is 7.12. The lowest BCUT2D eigenvalue weighted by Gasteiger charge is -2.23. The molecule has 3 aromatic heterocycles. The summed E-state index contributed by atoms with van der Waals surface area (Å²) in [7, 11) is 0. The molecular formula is C27H20N4O2S. The van der Waals surface area contributed by atoms with E-state index in [1.54, 1.807) is 12.3 Å². The molecule has 7 heteroatoms. The van der Waals surface area contributed by atoms with Crippen LogP contribution in [0.25, 0.3) is 11.3 Å². The number of para-hydroxylation sites is 1. The molecule has 0 fully saturated rings. The fourth-order valence-corrected chi connectivity index (χ4v) is 4.97.